The third-order valence-corrected chi connectivity index (χ3v) is 2.39. The van der Waals surface area contributed by atoms with Crippen molar-refractivity contribution in [3.8, 4) is 0 Å². The average Bonchev–Trinajstić information content (AvgIpc) is 2.73. The van der Waals surface area contributed by atoms with Crippen LogP contribution in [0.2, 0.25) is 5.02 Å². The number of hydrogen-bond acceptors (Lipinski definition) is 1. The second-order valence-electron chi connectivity index (χ2n) is 3.17. The van der Waals surface area contributed by atoms with Crippen LogP contribution in [-0.4, -0.2) is 4.98 Å². The lowest BCUT2D eigenvalue weighted by molar-refractivity contribution is 0.630. The number of anilines is 1. The largest absolute Gasteiger partial charge is 0.378 e. The van der Waals surface area contributed by atoms with Crippen molar-refractivity contribution in [3.63, 3.8) is 0 Å². The van der Waals surface area contributed by atoms with Crippen molar-refractivity contribution >= 4 is 17.3 Å². The molecule has 1 aromatic carbocycles. The van der Waals surface area contributed by atoms with Gasteiger partial charge in [0.05, 0.1) is 10.7 Å². The molecule has 0 aliphatic carbocycles. The molecule has 0 atom stereocenters. The molecule has 4 heteroatoms. The first-order valence-corrected chi connectivity index (χ1v) is 4.95. The molecule has 2 aromatic rings. The molecule has 0 bridgehead atoms. The van der Waals surface area contributed by atoms with Gasteiger partial charge in [-0.2, -0.15) is 0 Å². The van der Waals surface area contributed by atoms with E-state index in [2.05, 4.69) is 10.3 Å². The van der Waals surface area contributed by atoms with Crippen LogP contribution in [0.3, 0.4) is 0 Å². The molecule has 0 spiro atoms. The molecule has 78 valence electrons. The first-order valence-electron chi connectivity index (χ1n) is 4.57. The molecule has 0 unspecified atom stereocenters. The average molecular weight is 225 g/mol. The van der Waals surface area contributed by atoms with E-state index in [9.17, 15) is 4.39 Å². The standard InChI is InChI=1S/C11H10ClFN2/c12-9-2-1-3-10(11(9)13)15-7-8-4-5-14-6-8/h1-6,14-15H,7H2. The molecule has 0 aliphatic heterocycles. The van der Waals surface area contributed by atoms with Gasteiger partial charge in [-0.3, -0.25) is 0 Å². The van der Waals surface area contributed by atoms with Gasteiger partial charge in [0.1, 0.15) is 0 Å². The van der Waals surface area contributed by atoms with Crippen LogP contribution in [0.25, 0.3) is 0 Å². The number of nitrogens with one attached hydrogen (secondary N) is 2. The molecule has 15 heavy (non-hydrogen) atoms. The highest BCUT2D eigenvalue weighted by Crippen LogP contribution is 2.22. The molecule has 0 radical (unpaired) electrons. The number of H-pyrrole nitrogens is 1. The Morgan fingerprint density at radius 2 is 2.20 bits per heavy atom. The van der Waals surface area contributed by atoms with Crippen LogP contribution >= 0.6 is 11.6 Å². The fourth-order valence-electron chi connectivity index (χ4n) is 1.31. The Balaban J connectivity index is 2.08. The van der Waals surface area contributed by atoms with Gasteiger partial charge < -0.3 is 10.3 Å². The monoisotopic (exact) mass is 224 g/mol. The van der Waals surface area contributed by atoms with E-state index in [0.717, 1.165) is 5.56 Å². The highest BCUT2D eigenvalue weighted by molar-refractivity contribution is 6.31. The summed E-state index contributed by atoms with van der Waals surface area (Å²) in [7, 11) is 0. The summed E-state index contributed by atoms with van der Waals surface area (Å²) in [6.45, 7) is 0.570. The van der Waals surface area contributed by atoms with Crippen molar-refractivity contribution in [2.24, 2.45) is 0 Å². The lowest BCUT2D eigenvalue weighted by Crippen LogP contribution is -2.00. The number of aromatic nitrogens is 1. The highest BCUT2D eigenvalue weighted by Gasteiger charge is 2.05. The number of hydrogen-bond donors (Lipinski definition) is 2. The first-order chi connectivity index (χ1) is 7.27. The van der Waals surface area contributed by atoms with Gasteiger partial charge in [-0.25, -0.2) is 4.39 Å². The second kappa shape index (κ2) is 4.36. The summed E-state index contributed by atoms with van der Waals surface area (Å²) >= 11 is 5.65. The summed E-state index contributed by atoms with van der Waals surface area (Å²) in [4.78, 5) is 2.93. The summed E-state index contributed by atoms with van der Waals surface area (Å²) in [5.41, 5.74) is 1.48. The third kappa shape index (κ3) is 2.30. The summed E-state index contributed by atoms with van der Waals surface area (Å²) in [5.74, 6) is -0.408. The lowest BCUT2D eigenvalue weighted by Gasteiger charge is -2.06. The summed E-state index contributed by atoms with van der Waals surface area (Å²) in [5, 5.41) is 3.11. The second-order valence-corrected chi connectivity index (χ2v) is 3.58. The molecule has 0 saturated heterocycles. The predicted octanol–water partition coefficient (Wildman–Crippen LogP) is 3.42. The van der Waals surface area contributed by atoms with Crippen LogP contribution in [0.15, 0.2) is 36.7 Å². The van der Waals surface area contributed by atoms with Crippen molar-refractivity contribution < 1.29 is 4.39 Å². The van der Waals surface area contributed by atoms with E-state index in [1.165, 1.54) is 6.07 Å². The van der Waals surface area contributed by atoms with Gasteiger partial charge in [-0.15, -0.1) is 0 Å². The van der Waals surface area contributed by atoms with Crippen LogP contribution in [0.5, 0.6) is 0 Å². The molecule has 0 amide bonds. The molecule has 2 N–H and O–H groups in total. The number of halogens is 2. The molecular formula is C11H10ClFN2. The Bertz CT molecular complexity index is 440. The van der Waals surface area contributed by atoms with Gasteiger partial charge in [0, 0.05) is 18.9 Å². The molecule has 1 heterocycles. The molecular weight excluding hydrogens is 215 g/mol. The predicted molar refractivity (Wildman–Crippen MR) is 59.5 cm³/mol. The van der Waals surface area contributed by atoms with Crippen molar-refractivity contribution in [2.45, 2.75) is 6.54 Å². The smallest absolute Gasteiger partial charge is 0.164 e. The van der Waals surface area contributed by atoms with E-state index in [4.69, 9.17) is 11.6 Å². The Kier molecular flexibility index (Phi) is 2.92. The zero-order valence-corrected chi connectivity index (χ0v) is 8.68. The maximum absolute atomic E-state index is 13.4. The minimum absolute atomic E-state index is 0.133. The summed E-state index contributed by atoms with van der Waals surface area (Å²) in [6.07, 6.45) is 3.68. The fourth-order valence-corrected chi connectivity index (χ4v) is 1.48. The lowest BCUT2D eigenvalue weighted by atomic mass is 10.3. The van der Waals surface area contributed by atoms with Crippen molar-refractivity contribution in [1.82, 2.24) is 4.98 Å². The zero-order chi connectivity index (χ0) is 10.7. The fraction of sp³-hybridized carbons (Fsp3) is 0.0909. The van der Waals surface area contributed by atoms with E-state index in [1.807, 2.05) is 18.5 Å². The van der Waals surface area contributed by atoms with E-state index >= 15 is 0 Å². The summed E-state index contributed by atoms with van der Waals surface area (Å²) < 4.78 is 13.4. The first kappa shape index (κ1) is 10.1. The van der Waals surface area contributed by atoms with Crippen LogP contribution in [0, 0.1) is 5.82 Å². The Labute approximate surface area is 92.1 Å². The van der Waals surface area contributed by atoms with E-state index in [1.54, 1.807) is 12.1 Å². The number of aromatic amines is 1. The molecule has 0 saturated carbocycles. The van der Waals surface area contributed by atoms with Gasteiger partial charge in [-0.1, -0.05) is 17.7 Å². The van der Waals surface area contributed by atoms with Crippen molar-refractivity contribution in [2.75, 3.05) is 5.32 Å². The minimum Gasteiger partial charge on any atom is -0.378 e. The Hall–Kier alpha value is -1.48. The molecule has 2 rings (SSSR count). The normalized spacial score (nSPS) is 10.3. The molecule has 0 aliphatic rings. The molecule has 1 aromatic heterocycles. The van der Waals surface area contributed by atoms with E-state index < -0.39 is 5.82 Å². The number of rotatable bonds is 3. The van der Waals surface area contributed by atoms with Crippen LogP contribution in [0.4, 0.5) is 10.1 Å². The van der Waals surface area contributed by atoms with Gasteiger partial charge in [0.25, 0.3) is 0 Å². The van der Waals surface area contributed by atoms with E-state index in [-0.39, 0.29) is 5.02 Å². The minimum atomic E-state index is -0.408. The maximum Gasteiger partial charge on any atom is 0.164 e. The van der Waals surface area contributed by atoms with Crippen LogP contribution in [-0.2, 0) is 6.54 Å². The van der Waals surface area contributed by atoms with Crippen molar-refractivity contribution in [3.05, 3.63) is 53.1 Å². The third-order valence-electron chi connectivity index (χ3n) is 2.10. The Morgan fingerprint density at radius 3 is 2.93 bits per heavy atom. The molecule has 2 nitrogen and oxygen atoms in total. The van der Waals surface area contributed by atoms with E-state index in [0.29, 0.717) is 12.2 Å². The highest BCUT2D eigenvalue weighted by atomic mass is 35.5. The summed E-state index contributed by atoms with van der Waals surface area (Å²) in [6, 6.07) is 6.83. The quantitative estimate of drug-likeness (QED) is 0.822. The van der Waals surface area contributed by atoms with Crippen LogP contribution < -0.4 is 5.32 Å². The SMILES string of the molecule is Fc1c(Cl)cccc1NCc1cc[nH]c1. The van der Waals surface area contributed by atoms with Gasteiger partial charge in [0.15, 0.2) is 5.82 Å². The Morgan fingerprint density at radius 1 is 1.33 bits per heavy atom. The van der Waals surface area contributed by atoms with Gasteiger partial charge in [0.2, 0.25) is 0 Å². The topological polar surface area (TPSA) is 27.8 Å². The van der Waals surface area contributed by atoms with Crippen molar-refractivity contribution in [1.29, 1.82) is 0 Å². The van der Waals surface area contributed by atoms with Crippen LogP contribution in [0.1, 0.15) is 5.56 Å². The van der Waals surface area contributed by atoms with Gasteiger partial charge >= 0.3 is 0 Å². The zero-order valence-electron chi connectivity index (χ0n) is 7.93. The maximum atomic E-state index is 13.4. The molecule has 0 fully saturated rings. The van der Waals surface area contributed by atoms with Gasteiger partial charge in [-0.05, 0) is 23.8 Å². The number of benzene rings is 1.